The number of carbonyl (C=O) groups is 2. The number of esters is 1. The summed E-state index contributed by atoms with van der Waals surface area (Å²) in [5.74, 6) is -2.12. The van der Waals surface area contributed by atoms with E-state index in [9.17, 15) is 18.4 Å². The Kier molecular flexibility index (Phi) is 5.36. The molecular formula is C21H18F2N2O4. The van der Waals surface area contributed by atoms with Gasteiger partial charge in [0.15, 0.2) is 0 Å². The van der Waals surface area contributed by atoms with E-state index in [2.05, 4.69) is 14.7 Å². The molecule has 3 N–H and O–H groups in total. The van der Waals surface area contributed by atoms with Crippen LogP contribution in [0.15, 0.2) is 36.4 Å². The second-order valence-corrected chi connectivity index (χ2v) is 6.54. The molecule has 29 heavy (non-hydrogen) atoms. The van der Waals surface area contributed by atoms with Gasteiger partial charge in [-0.2, -0.15) is 0 Å². The lowest BCUT2D eigenvalue weighted by molar-refractivity contribution is 0.0594. The van der Waals surface area contributed by atoms with Crippen LogP contribution in [0, 0.1) is 25.5 Å². The average molecular weight is 400 g/mol. The minimum Gasteiger partial charge on any atom is -0.477 e. The molecule has 0 aliphatic heterocycles. The smallest absolute Gasteiger partial charge is 0.354 e. The van der Waals surface area contributed by atoms with Gasteiger partial charge in [-0.15, -0.1) is 0 Å². The van der Waals surface area contributed by atoms with Gasteiger partial charge in [-0.1, -0.05) is 0 Å². The van der Waals surface area contributed by atoms with Crippen LogP contribution in [0.25, 0.3) is 21.8 Å². The molecule has 0 aliphatic rings. The lowest BCUT2D eigenvalue weighted by atomic mass is 10.1. The van der Waals surface area contributed by atoms with E-state index < -0.39 is 11.9 Å². The van der Waals surface area contributed by atoms with Gasteiger partial charge >= 0.3 is 11.9 Å². The van der Waals surface area contributed by atoms with Crippen molar-refractivity contribution in [3.63, 3.8) is 0 Å². The predicted molar refractivity (Wildman–Crippen MR) is 104 cm³/mol. The summed E-state index contributed by atoms with van der Waals surface area (Å²) in [6.45, 7) is 3.32. The van der Waals surface area contributed by atoms with Crippen LogP contribution < -0.4 is 0 Å². The van der Waals surface area contributed by atoms with Crippen molar-refractivity contribution >= 4 is 33.7 Å². The molecule has 0 bridgehead atoms. The van der Waals surface area contributed by atoms with Crippen LogP contribution >= 0.6 is 0 Å². The number of hydrogen-bond acceptors (Lipinski definition) is 3. The minimum absolute atomic E-state index is 0.0741. The van der Waals surface area contributed by atoms with Crippen molar-refractivity contribution in [3.05, 3.63) is 70.5 Å². The summed E-state index contributed by atoms with van der Waals surface area (Å²) in [7, 11) is 1.31. The molecular weight excluding hydrogens is 382 g/mol. The number of aromatic amines is 2. The zero-order chi connectivity index (χ0) is 21.3. The topological polar surface area (TPSA) is 95.2 Å². The molecule has 0 amide bonds. The third kappa shape index (κ3) is 4.11. The van der Waals surface area contributed by atoms with Crippen LogP contribution in [-0.4, -0.2) is 34.1 Å². The first-order valence-electron chi connectivity index (χ1n) is 8.59. The second kappa shape index (κ2) is 7.75. The van der Waals surface area contributed by atoms with Gasteiger partial charge in [0.05, 0.1) is 7.11 Å². The monoisotopic (exact) mass is 400 g/mol. The fourth-order valence-electron chi connectivity index (χ4n) is 2.87. The highest BCUT2D eigenvalue weighted by Gasteiger charge is 2.11. The third-order valence-electron chi connectivity index (χ3n) is 4.44. The molecule has 0 aliphatic carbocycles. The number of halogens is 2. The summed E-state index contributed by atoms with van der Waals surface area (Å²) in [5, 5.41) is 10.2. The van der Waals surface area contributed by atoms with Gasteiger partial charge in [0, 0.05) is 21.8 Å². The Morgan fingerprint density at radius 1 is 0.828 bits per heavy atom. The molecule has 0 saturated carbocycles. The first-order chi connectivity index (χ1) is 13.7. The number of hydrogen-bond donors (Lipinski definition) is 3. The molecule has 0 spiro atoms. The molecule has 2 aromatic carbocycles. The normalized spacial score (nSPS) is 10.7. The van der Waals surface area contributed by atoms with E-state index in [0.717, 1.165) is 5.39 Å². The fraction of sp³-hybridized carbons (Fsp3) is 0.143. The lowest BCUT2D eigenvalue weighted by Crippen LogP contribution is -2.00. The number of aromatic carboxylic acids is 1. The lowest BCUT2D eigenvalue weighted by Gasteiger charge is -1.95. The number of carbonyl (C=O) groups excluding carboxylic acids is 1. The van der Waals surface area contributed by atoms with Gasteiger partial charge in [0.1, 0.15) is 23.0 Å². The van der Waals surface area contributed by atoms with Gasteiger partial charge in [-0.05, 0) is 61.4 Å². The highest BCUT2D eigenvalue weighted by atomic mass is 19.1. The maximum Gasteiger partial charge on any atom is 0.354 e. The summed E-state index contributed by atoms with van der Waals surface area (Å²) in [6.07, 6.45) is 0. The largest absolute Gasteiger partial charge is 0.477 e. The first-order valence-corrected chi connectivity index (χ1v) is 8.59. The Hall–Kier alpha value is -3.68. The molecule has 4 aromatic rings. The summed E-state index contributed by atoms with van der Waals surface area (Å²) >= 11 is 0. The summed E-state index contributed by atoms with van der Waals surface area (Å²) in [5.41, 5.74) is 2.57. The third-order valence-corrected chi connectivity index (χ3v) is 4.44. The highest BCUT2D eigenvalue weighted by Crippen LogP contribution is 2.20. The van der Waals surface area contributed by atoms with Crippen molar-refractivity contribution in [2.45, 2.75) is 13.8 Å². The van der Waals surface area contributed by atoms with Gasteiger partial charge in [0.25, 0.3) is 0 Å². The number of aromatic nitrogens is 2. The molecule has 2 aromatic heterocycles. The van der Waals surface area contributed by atoms with Crippen LogP contribution in [0.1, 0.15) is 32.1 Å². The molecule has 6 nitrogen and oxygen atoms in total. The molecule has 4 rings (SSSR count). The Bertz CT molecular complexity index is 1160. The van der Waals surface area contributed by atoms with Crippen LogP contribution in [0.3, 0.4) is 0 Å². The van der Waals surface area contributed by atoms with E-state index in [1.807, 2.05) is 0 Å². The van der Waals surface area contributed by atoms with Crippen molar-refractivity contribution in [1.82, 2.24) is 9.97 Å². The quantitative estimate of drug-likeness (QED) is 0.425. The molecule has 8 heteroatoms. The predicted octanol–water partition coefficient (Wildman–Crippen LogP) is 4.72. The van der Waals surface area contributed by atoms with Gasteiger partial charge in [-0.25, -0.2) is 18.4 Å². The zero-order valence-electron chi connectivity index (χ0n) is 15.9. The van der Waals surface area contributed by atoms with Crippen molar-refractivity contribution < 1.29 is 28.2 Å². The Morgan fingerprint density at radius 2 is 1.28 bits per heavy atom. The molecule has 0 radical (unpaired) electrons. The maximum absolute atomic E-state index is 13.2. The maximum atomic E-state index is 13.2. The Balaban J connectivity index is 0.000000166. The minimum atomic E-state index is -1.04. The van der Waals surface area contributed by atoms with E-state index in [-0.39, 0.29) is 17.3 Å². The van der Waals surface area contributed by atoms with Crippen molar-refractivity contribution in [3.8, 4) is 0 Å². The number of carboxylic acid groups (broad SMARTS) is 1. The number of methoxy groups -OCH3 is 1. The van der Waals surface area contributed by atoms with Gasteiger partial charge in [0.2, 0.25) is 0 Å². The highest BCUT2D eigenvalue weighted by molar-refractivity contribution is 5.95. The first kappa shape index (κ1) is 20.1. The van der Waals surface area contributed by atoms with Gasteiger partial charge in [-0.3, -0.25) is 0 Å². The number of fused-ring (bicyclic) bond motifs is 2. The van der Waals surface area contributed by atoms with Crippen LogP contribution in [0.4, 0.5) is 8.78 Å². The second-order valence-electron chi connectivity index (χ2n) is 6.54. The van der Waals surface area contributed by atoms with E-state index >= 15 is 0 Å². The van der Waals surface area contributed by atoms with Crippen molar-refractivity contribution in [1.29, 1.82) is 0 Å². The number of rotatable bonds is 2. The molecule has 0 atom stereocenters. The number of ether oxygens (including phenoxy) is 1. The number of H-pyrrole nitrogens is 2. The SMILES string of the molecule is COC(=O)c1cc2cc(C)c(F)cc2[nH]1.Cc1cc2cc(C(=O)O)[nH]c2cc1F. The van der Waals surface area contributed by atoms with Crippen LogP contribution in [0.2, 0.25) is 0 Å². The van der Waals surface area contributed by atoms with E-state index in [1.54, 1.807) is 32.0 Å². The zero-order valence-corrected chi connectivity index (χ0v) is 15.9. The van der Waals surface area contributed by atoms with Crippen LogP contribution in [-0.2, 0) is 4.74 Å². The molecule has 0 unspecified atom stereocenters. The fourth-order valence-corrected chi connectivity index (χ4v) is 2.87. The molecule has 0 saturated heterocycles. The molecule has 2 heterocycles. The summed E-state index contributed by atoms with van der Waals surface area (Å²) in [4.78, 5) is 27.2. The van der Waals surface area contributed by atoms with Crippen molar-refractivity contribution in [2.75, 3.05) is 7.11 Å². The van der Waals surface area contributed by atoms with E-state index in [0.29, 0.717) is 33.2 Å². The standard InChI is InChI=1S/C11H10FNO2.C10H8FNO2/c1-6-3-7-4-10(11(14)15-2)13-9(7)5-8(6)12;1-5-2-6-3-9(10(13)14)12-8(6)4-7(5)11/h3-5,13H,1-2H3;2-4,12H,1H3,(H,13,14). The number of aryl methyl sites for hydroxylation is 2. The van der Waals surface area contributed by atoms with Crippen molar-refractivity contribution in [2.24, 2.45) is 0 Å². The molecule has 150 valence electrons. The number of benzene rings is 2. The average Bonchev–Trinajstić information content (AvgIpc) is 3.26. The Labute approximate surface area is 164 Å². The Morgan fingerprint density at radius 3 is 1.72 bits per heavy atom. The summed E-state index contributed by atoms with van der Waals surface area (Å²) in [6, 6.07) is 9.12. The van der Waals surface area contributed by atoms with Gasteiger partial charge < -0.3 is 19.8 Å². The van der Waals surface area contributed by atoms with E-state index in [4.69, 9.17) is 5.11 Å². The molecule has 0 fully saturated rings. The van der Waals surface area contributed by atoms with E-state index in [1.165, 1.54) is 25.3 Å². The summed E-state index contributed by atoms with van der Waals surface area (Å²) < 4.78 is 30.9. The number of carboxylic acids is 1. The van der Waals surface area contributed by atoms with Crippen LogP contribution in [0.5, 0.6) is 0 Å². The number of nitrogens with one attached hydrogen (secondary N) is 2.